The summed E-state index contributed by atoms with van der Waals surface area (Å²) in [5, 5.41) is 4.31. The van der Waals surface area contributed by atoms with Crippen LogP contribution in [0.2, 0.25) is 0 Å². The van der Waals surface area contributed by atoms with Gasteiger partial charge < -0.3 is 15.0 Å². The summed E-state index contributed by atoms with van der Waals surface area (Å²) >= 11 is 1.74. The molecule has 0 bridgehead atoms. The van der Waals surface area contributed by atoms with Crippen molar-refractivity contribution in [2.45, 2.75) is 26.5 Å². The number of amidine groups is 1. The number of nitrogens with zero attached hydrogens (tertiary/aromatic N) is 5. The molecule has 1 saturated heterocycles. The highest BCUT2D eigenvalue weighted by Gasteiger charge is 2.19. The van der Waals surface area contributed by atoms with Crippen LogP contribution in [0.15, 0.2) is 48.4 Å². The van der Waals surface area contributed by atoms with Crippen LogP contribution in [0.3, 0.4) is 0 Å². The Morgan fingerprint density at radius 3 is 2.71 bits per heavy atom. The maximum atomic E-state index is 6.03. The summed E-state index contributed by atoms with van der Waals surface area (Å²) in [7, 11) is 0. The Hall–Kier alpha value is -2.58. The largest absolute Gasteiger partial charge is 0.491 e. The molecule has 31 heavy (non-hydrogen) atoms. The molecule has 164 valence electrons. The number of nitrogens with one attached hydrogen (secondary N) is 1. The summed E-state index contributed by atoms with van der Waals surface area (Å²) < 4.78 is 6.03. The van der Waals surface area contributed by atoms with Crippen molar-refractivity contribution >= 4 is 28.4 Å². The van der Waals surface area contributed by atoms with Crippen LogP contribution in [0.5, 0.6) is 5.75 Å². The van der Waals surface area contributed by atoms with Crippen molar-refractivity contribution in [3.8, 4) is 5.75 Å². The number of rotatable bonds is 7. The van der Waals surface area contributed by atoms with Crippen LogP contribution < -0.4 is 15.0 Å². The molecule has 1 aromatic carbocycles. The summed E-state index contributed by atoms with van der Waals surface area (Å²) in [6.45, 7) is 13.9. The summed E-state index contributed by atoms with van der Waals surface area (Å²) in [5.74, 6) is 2.86. The SMILES string of the molecule is C=C(NC1=NCCS1)c1cc(CN2CCN(c3cnccn3)CC2)cc(OC(C)C)c1. The number of hydrogen-bond donors (Lipinski definition) is 1. The van der Waals surface area contributed by atoms with Gasteiger partial charge in [-0.3, -0.25) is 14.9 Å². The van der Waals surface area contributed by atoms with Gasteiger partial charge in [-0.2, -0.15) is 0 Å². The molecule has 1 fully saturated rings. The number of piperazine rings is 1. The van der Waals surface area contributed by atoms with E-state index in [9.17, 15) is 0 Å². The summed E-state index contributed by atoms with van der Waals surface area (Å²) in [6.07, 6.45) is 5.42. The van der Waals surface area contributed by atoms with Gasteiger partial charge in [-0.05, 0) is 37.6 Å². The first kappa shape index (κ1) is 21.6. The first-order valence-electron chi connectivity index (χ1n) is 10.7. The van der Waals surface area contributed by atoms with Crippen molar-refractivity contribution in [1.82, 2.24) is 20.2 Å². The van der Waals surface area contributed by atoms with Gasteiger partial charge in [0.2, 0.25) is 0 Å². The molecule has 2 aliphatic heterocycles. The van der Waals surface area contributed by atoms with E-state index in [1.54, 1.807) is 24.2 Å². The molecule has 0 atom stereocenters. The van der Waals surface area contributed by atoms with Crippen LogP contribution in [-0.2, 0) is 6.54 Å². The summed E-state index contributed by atoms with van der Waals surface area (Å²) in [5.41, 5.74) is 3.13. The molecule has 0 unspecified atom stereocenters. The fourth-order valence-corrected chi connectivity index (χ4v) is 4.48. The molecule has 0 spiro atoms. The Bertz CT molecular complexity index is 925. The molecular weight excluding hydrogens is 408 g/mol. The third-order valence-electron chi connectivity index (χ3n) is 5.18. The van der Waals surface area contributed by atoms with E-state index in [1.165, 1.54) is 5.56 Å². The minimum atomic E-state index is 0.120. The minimum absolute atomic E-state index is 0.120. The molecule has 2 aromatic rings. The first-order chi connectivity index (χ1) is 15.1. The fraction of sp³-hybridized carbons (Fsp3) is 0.435. The average Bonchev–Trinajstić information content (AvgIpc) is 3.27. The van der Waals surface area contributed by atoms with E-state index in [4.69, 9.17) is 4.74 Å². The second-order valence-electron chi connectivity index (χ2n) is 8.00. The Morgan fingerprint density at radius 2 is 2.03 bits per heavy atom. The summed E-state index contributed by atoms with van der Waals surface area (Å²) in [6, 6.07) is 6.41. The van der Waals surface area contributed by atoms with Gasteiger partial charge in [0.25, 0.3) is 0 Å². The predicted octanol–water partition coefficient (Wildman–Crippen LogP) is 3.25. The number of aliphatic imine (C=N–C) groups is 1. The second kappa shape index (κ2) is 10.2. The molecule has 2 aliphatic rings. The van der Waals surface area contributed by atoms with Crippen molar-refractivity contribution in [3.05, 3.63) is 54.5 Å². The molecule has 1 aromatic heterocycles. The van der Waals surface area contributed by atoms with Crippen molar-refractivity contribution in [1.29, 1.82) is 0 Å². The maximum absolute atomic E-state index is 6.03. The molecule has 0 amide bonds. The van der Waals surface area contributed by atoms with E-state index >= 15 is 0 Å². The molecule has 0 aliphatic carbocycles. The van der Waals surface area contributed by atoms with Gasteiger partial charge in [0.05, 0.1) is 18.8 Å². The zero-order chi connectivity index (χ0) is 21.6. The van der Waals surface area contributed by atoms with E-state index in [2.05, 4.69) is 68.7 Å². The Kier molecular flexibility index (Phi) is 7.09. The van der Waals surface area contributed by atoms with Crippen LogP contribution >= 0.6 is 11.8 Å². The summed E-state index contributed by atoms with van der Waals surface area (Å²) in [4.78, 5) is 17.8. The Balaban J connectivity index is 1.43. The van der Waals surface area contributed by atoms with Crippen LogP contribution in [-0.4, -0.2) is 64.6 Å². The van der Waals surface area contributed by atoms with Crippen molar-refractivity contribution in [2.75, 3.05) is 43.4 Å². The number of anilines is 1. The monoisotopic (exact) mass is 438 g/mol. The first-order valence-corrected chi connectivity index (χ1v) is 11.7. The third-order valence-corrected chi connectivity index (χ3v) is 6.07. The molecule has 0 saturated carbocycles. The van der Waals surface area contributed by atoms with Gasteiger partial charge in [-0.1, -0.05) is 18.3 Å². The highest BCUT2D eigenvalue weighted by molar-refractivity contribution is 8.14. The number of aromatic nitrogens is 2. The molecular formula is C23H30N6OS. The molecule has 4 rings (SSSR count). The topological polar surface area (TPSA) is 65.9 Å². The Morgan fingerprint density at radius 1 is 1.19 bits per heavy atom. The highest BCUT2D eigenvalue weighted by Crippen LogP contribution is 2.25. The van der Waals surface area contributed by atoms with Crippen molar-refractivity contribution in [2.24, 2.45) is 4.99 Å². The van der Waals surface area contributed by atoms with E-state index in [0.29, 0.717) is 0 Å². The van der Waals surface area contributed by atoms with E-state index < -0.39 is 0 Å². The molecule has 3 heterocycles. The lowest BCUT2D eigenvalue weighted by Crippen LogP contribution is -2.46. The standard InChI is InChI=1S/C23H30N6OS/c1-17(2)30-21-13-19(12-20(14-21)18(3)27-23-26-6-11-31-23)16-28-7-9-29(10-8-28)22-15-24-4-5-25-22/h4-5,12-15,17H,3,6-11,16H2,1-2H3,(H,26,27). The van der Waals surface area contributed by atoms with Gasteiger partial charge in [-0.15, -0.1) is 0 Å². The van der Waals surface area contributed by atoms with Crippen LogP contribution in [0.25, 0.3) is 5.70 Å². The molecule has 7 nitrogen and oxygen atoms in total. The van der Waals surface area contributed by atoms with E-state index in [-0.39, 0.29) is 6.10 Å². The normalized spacial score (nSPS) is 17.0. The lowest BCUT2D eigenvalue weighted by atomic mass is 10.1. The zero-order valence-electron chi connectivity index (χ0n) is 18.3. The Labute approximate surface area is 188 Å². The smallest absolute Gasteiger partial charge is 0.161 e. The molecule has 0 radical (unpaired) electrons. The molecule has 8 heteroatoms. The van der Waals surface area contributed by atoms with Gasteiger partial charge in [0.1, 0.15) is 11.6 Å². The number of benzene rings is 1. The number of ether oxygens (including phenoxy) is 1. The van der Waals surface area contributed by atoms with Gasteiger partial charge in [-0.25, -0.2) is 4.98 Å². The third kappa shape index (κ3) is 5.98. The van der Waals surface area contributed by atoms with Crippen LogP contribution in [0, 0.1) is 0 Å². The van der Waals surface area contributed by atoms with Gasteiger partial charge >= 0.3 is 0 Å². The zero-order valence-corrected chi connectivity index (χ0v) is 19.1. The van der Waals surface area contributed by atoms with E-state index in [1.807, 2.05) is 6.20 Å². The molecule has 1 N–H and O–H groups in total. The van der Waals surface area contributed by atoms with E-state index in [0.717, 1.165) is 73.0 Å². The fourth-order valence-electron chi connectivity index (χ4n) is 3.73. The lowest BCUT2D eigenvalue weighted by Gasteiger charge is -2.35. The number of hydrogen-bond acceptors (Lipinski definition) is 8. The second-order valence-corrected chi connectivity index (χ2v) is 9.08. The predicted molar refractivity (Wildman–Crippen MR) is 129 cm³/mol. The van der Waals surface area contributed by atoms with Gasteiger partial charge in [0.15, 0.2) is 5.17 Å². The minimum Gasteiger partial charge on any atom is -0.491 e. The maximum Gasteiger partial charge on any atom is 0.161 e. The highest BCUT2D eigenvalue weighted by atomic mass is 32.2. The van der Waals surface area contributed by atoms with Gasteiger partial charge in [0, 0.05) is 62.1 Å². The van der Waals surface area contributed by atoms with Crippen molar-refractivity contribution in [3.63, 3.8) is 0 Å². The van der Waals surface area contributed by atoms with Crippen LogP contribution in [0.1, 0.15) is 25.0 Å². The van der Waals surface area contributed by atoms with Crippen molar-refractivity contribution < 1.29 is 4.74 Å². The quantitative estimate of drug-likeness (QED) is 0.712. The van der Waals surface area contributed by atoms with Crippen LogP contribution in [0.4, 0.5) is 5.82 Å². The number of thioether (sulfide) groups is 1. The average molecular weight is 439 g/mol. The lowest BCUT2D eigenvalue weighted by molar-refractivity contribution is 0.238.